The molecule has 0 N–H and O–H groups in total. The maximum absolute atomic E-state index is 10.9. The van der Waals surface area contributed by atoms with Crippen molar-refractivity contribution in [3.8, 4) is 0 Å². The molecule has 1 aromatic rings. The highest BCUT2D eigenvalue weighted by Gasteiger charge is 1.89. The first-order valence-corrected chi connectivity index (χ1v) is 5.97. The molecule has 1 nitrogen and oxygen atoms in total. The number of carbonyl (C=O) groups is 1. The van der Waals surface area contributed by atoms with Gasteiger partial charge in [0.1, 0.15) is 0 Å². The topological polar surface area (TPSA) is 17.1 Å². The quantitative estimate of drug-likeness (QED) is 0.695. The van der Waals surface area contributed by atoms with Crippen LogP contribution in [0, 0.1) is 0 Å². The Hall–Kier alpha value is -1.89. The molecular weight excluding hydrogens is 220 g/mol. The van der Waals surface area contributed by atoms with Gasteiger partial charge >= 0.3 is 0 Å². The average Bonchev–Trinajstić information content (AvgIpc) is 2.28. The second kappa shape index (κ2) is 9.17. The maximum atomic E-state index is 10.9. The Kier molecular flexibility index (Phi) is 8.21. The molecular formula is C17H22O. The van der Waals surface area contributed by atoms with Crippen molar-refractivity contribution >= 4 is 11.9 Å². The van der Waals surface area contributed by atoms with Crippen LogP contribution in [0.25, 0.3) is 6.08 Å². The summed E-state index contributed by atoms with van der Waals surface area (Å²) in [7, 11) is 0. The lowest BCUT2D eigenvalue weighted by Crippen LogP contribution is -1.87. The SMILES string of the molecule is C=Cc1ccccc1.CC(C)=CC(=O)C=C(C)C. The van der Waals surface area contributed by atoms with Gasteiger partial charge in [-0.15, -0.1) is 0 Å². The lowest BCUT2D eigenvalue weighted by atomic mass is 10.2. The van der Waals surface area contributed by atoms with E-state index in [0.29, 0.717) is 0 Å². The van der Waals surface area contributed by atoms with E-state index in [1.165, 1.54) is 5.56 Å². The number of benzene rings is 1. The zero-order valence-corrected chi connectivity index (χ0v) is 11.7. The first kappa shape index (κ1) is 16.1. The van der Waals surface area contributed by atoms with Crippen molar-refractivity contribution in [2.24, 2.45) is 0 Å². The van der Waals surface area contributed by atoms with E-state index in [2.05, 4.69) is 6.58 Å². The summed E-state index contributed by atoms with van der Waals surface area (Å²) < 4.78 is 0. The van der Waals surface area contributed by atoms with Crippen LogP contribution in [-0.4, -0.2) is 5.78 Å². The lowest BCUT2D eigenvalue weighted by molar-refractivity contribution is -0.110. The van der Waals surface area contributed by atoms with Gasteiger partial charge in [0, 0.05) is 0 Å². The fraction of sp³-hybridized carbons (Fsp3) is 0.235. The van der Waals surface area contributed by atoms with Crippen LogP contribution >= 0.6 is 0 Å². The summed E-state index contributed by atoms with van der Waals surface area (Å²) in [4.78, 5) is 10.9. The molecule has 18 heavy (non-hydrogen) atoms. The second-order valence-electron chi connectivity index (χ2n) is 4.46. The number of hydrogen-bond donors (Lipinski definition) is 0. The molecule has 0 aliphatic rings. The van der Waals surface area contributed by atoms with Gasteiger partial charge < -0.3 is 0 Å². The van der Waals surface area contributed by atoms with Crippen molar-refractivity contribution in [2.75, 3.05) is 0 Å². The third kappa shape index (κ3) is 9.34. The van der Waals surface area contributed by atoms with E-state index in [1.54, 1.807) is 12.2 Å². The van der Waals surface area contributed by atoms with Crippen molar-refractivity contribution < 1.29 is 4.79 Å². The lowest BCUT2D eigenvalue weighted by Gasteiger charge is -1.87. The van der Waals surface area contributed by atoms with Crippen molar-refractivity contribution in [2.45, 2.75) is 27.7 Å². The summed E-state index contributed by atoms with van der Waals surface area (Å²) in [5.74, 6) is 0.0833. The molecule has 0 aromatic heterocycles. The second-order valence-corrected chi connectivity index (χ2v) is 4.46. The maximum Gasteiger partial charge on any atom is 0.178 e. The molecule has 0 atom stereocenters. The van der Waals surface area contributed by atoms with Gasteiger partial charge in [0.15, 0.2) is 5.78 Å². The third-order valence-electron chi connectivity index (χ3n) is 1.90. The molecule has 0 unspecified atom stereocenters. The summed E-state index contributed by atoms with van der Waals surface area (Å²) >= 11 is 0. The van der Waals surface area contributed by atoms with E-state index >= 15 is 0 Å². The molecule has 0 aliphatic heterocycles. The monoisotopic (exact) mass is 242 g/mol. The van der Waals surface area contributed by atoms with Crippen LogP contribution in [0.1, 0.15) is 33.3 Å². The molecule has 0 saturated heterocycles. The molecule has 0 bridgehead atoms. The summed E-state index contributed by atoms with van der Waals surface area (Å²) in [6, 6.07) is 10.0. The van der Waals surface area contributed by atoms with E-state index in [4.69, 9.17) is 0 Å². The highest BCUT2D eigenvalue weighted by Crippen LogP contribution is 1.97. The molecule has 96 valence electrons. The van der Waals surface area contributed by atoms with Crippen molar-refractivity contribution in [1.82, 2.24) is 0 Å². The fourth-order valence-electron chi connectivity index (χ4n) is 1.20. The smallest absolute Gasteiger partial charge is 0.178 e. The number of rotatable bonds is 3. The van der Waals surface area contributed by atoms with Gasteiger partial charge in [0.25, 0.3) is 0 Å². The summed E-state index contributed by atoms with van der Waals surface area (Å²) in [6.45, 7) is 11.3. The normalized spacial score (nSPS) is 8.44. The molecule has 0 fully saturated rings. The van der Waals surface area contributed by atoms with E-state index < -0.39 is 0 Å². The van der Waals surface area contributed by atoms with Crippen LogP contribution in [0.5, 0.6) is 0 Å². The highest BCUT2D eigenvalue weighted by atomic mass is 16.1. The Morgan fingerprint density at radius 1 is 0.944 bits per heavy atom. The van der Waals surface area contributed by atoms with Gasteiger partial charge in [-0.25, -0.2) is 0 Å². The summed E-state index contributed by atoms with van der Waals surface area (Å²) in [6.07, 6.45) is 5.10. The van der Waals surface area contributed by atoms with Gasteiger partial charge in [-0.05, 0) is 45.4 Å². The average molecular weight is 242 g/mol. The molecule has 0 heterocycles. The van der Waals surface area contributed by atoms with Gasteiger partial charge in [-0.1, -0.05) is 54.1 Å². The predicted molar refractivity (Wildman–Crippen MR) is 80.4 cm³/mol. The zero-order chi connectivity index (χ0) is 14.0. The standard InChI is InChI=1S/C9H14O.C8H8/c1-7(2)5-9(10)6-8(3)4;1-2-8-6-4-3-5-7-8/h5-6H,1-4H3;2-7H,1H2. The molecule has 0 amide bonds. The van der Waals surface area contributed by atoms with E-state index in [0.717, 1.165) is 11.1 Å². The Labute approximate surface area is 111 Å². The van der Waals surface area contributed by atoms with Crippen molar-refractivity contribution in [3.63, 3.8) is 0 Å². The highest BCUT2D eigenvalue weighted by molar-refractivity contribution is 5.99. The van der Waals surface area contributed by atoms with Gasteiger partial charge in [-0.3, -0.25) is 4.79 Å². The van der Waals surface area contributed by atoms with Crippen LogP contribution in [-0.2, 0) is 4.79 Å². The first-order valence-electron chi connectivity index (χ1n) is 5.97. The van der Waals surface area contributed by atoms with Crippen LogP contribution in [0.15, 0.2) is 60.2 Å². The number of ketones is 1. The summed E-state index contributed by atoms with van der Waals surface area (Å²) in [5.41, 5.74) is 3.26. The Bertz CT molecular complexity index is 408. The molecule has 1 heteroatoms. The van der Waals surface area contributed by atoms with Gasteiger partial charge in [0.2, 0.25) is 0 Å². The fourth-order valence-corrected chi connectivity index (χ4v) is 1.20. The van der Waals surface area contributed by atoms with Crippen LogP contribution in [0.3, 0.4) is 0 Å². The minimum Gasteiger partial charge on any atom is -0.290 e. The molecule has 0 saturated carbocycles. The number of hydrogen-bond acceptors (Lipinski definition) is 1. The Morgan fingerprint density at radius 2 is 1.39 bits per heavy atom. The van der Waals surface area contributed by atoms with Gasteiger partial charge in [-0.2, -0.15) is 0 Å². The first-order chi connectivity index (χ1) is 8.45. The third-order valence-corrected chi connectivity index (χ3v) is 1.90. The molecule has 1 rings (SSSR count). The van der Waals surface area contributed by atoms with E-state index in [9.17, 15) is 4.79 Å². The van der Waals surface area contributed by atoms with Crippen LogP contribution in [0.4, 0.5) is 0 Å². The minimum absolute atomic E-state index is 0.0833. The molecule has 0 spiro atoms. The largest absolute Gasteiger partial charge is 0.290 e. The van der Waals surface area contributed by atoms with Crippen LogP contribution in [0.2, 0.25) is 0 Å². The van der Waals surface area contributed by atoms with Crippen molar-refractivity contribution in [3.05, 3.63) is 65.8 Å². The number of allylic oxidation sites excluding steroid dienone is 4. The molecule has 1 aromatic carbocycles. The van der Waals surface area contributed by atoms with Crippen molar-refractivity contribution in [1.29, 1.82) is 0 Å². The minimum atomic E-state index is 0.0833. The molecule has 0 aliphatic carbocycles. The van der Waals surface area contributed by atoms with Crippen LogP contribution < -0.4 is 0 Å². The Balaban J connectivity index is 0.000000327. The van der Waals surface area contributed by atoms with E-state index in [-0.39, 0.29) is 5.78 Å². The zero-order valence-electron chi connectivity index (χ0n) is 11.7. The van der Waals surface area contributed by atoms with E-state index in [1.807, 2.05) is 64.1 Å². The number of carbonyl (C=O) groups excluding carboxylic acids is 1. The van der Waals surface area contributed by atoms with Gasteiger partial charge in [0.05, 0.1) is 0 Å². The predicted octanol–water partition coefficient (Wildman–Crippen LogP) is 4.82. The Morgan fingerprint density at radius 3 is 1.67 bits per heavy atom. The summed E-state index contributed by atoms with van der Waals surface area (Å²) in [5, 5.41) is 0. The molecule has 0 radical (unpaired) electrons.